The molecule has 19 heavy (non-hydrogen) atoms. The van der Waals surface area contributed by atoms with Crippen molar-refractivity contribution >= 4 is 33.1 Å². The van der Waals surface area contributed by atoms with Crippen LogP contribution in [0.3, 0.4) is 0 Å². The molecule has 0 bridgehead atoms. The van der Waals surface area contributed by atoms with Crippen LogP contribution in [0.5, 0.6) is 0 Å². The highest BCUT2D eigenvalue weighted by Gasteiger charge is 2.19. The highest BCUT2D eigenvalue weighted by atomic mass is 35.5. The Morgan fingerprint density at radius 2 is 2.05 bits per heavy atom. The molecule has 0 saturated carbocycles. The fourth-order valence-electron chi connectivity index (χ4n) is 1.50. The Bertz CT molecular complexity index is 704. The molecule has 6 nitrogen and oxygen atoms in total. The largest absolute Gasteiger partial charge is 0.397 e. The van der Waals surface area contributed by atoms with Crippen LogP contribution < -0.4 is 10.5 Å². The molecule has 1 aromatic carbocycles. The minimum atomic E-state index is -3.77. The third-order valence-corrected chi connectivity index (χ3v) is 4.21. The minimum absolute atomic E-state index is 0.0556. The summed E-state index contributed by atoms with van der Waals surface area (Å²) in [6, 6.07) is 2.82. The number of nitrogen functional groups attached to an aromatic ring is 1. The summed E-state index contributed by atoms with van der Waals surface area (Å²) in [5, 5.41) is 0.316. The number of anilines is 2. The molecule has 100 valence electrons. The van der Waals surface area contributed by atoms with Crippen molar-refractivity contribution in [3.63, 3.8) is 0 Å². The number of aryl methyl sites for hydroxylation is 1. The molecule has 1 aromatic heterocycles. The normalized spacial score (nSPS) is 11.3. The second kappa shape index (κ2) is 5.02. The maximum atomic E-state index is 12.2. The van der Waals surface area contributed by atoms with Crippen molar-refractivity contribution in [1.29, 1.82) is 0 Å². The zero-order chi connectivity index (χ0) is 14.0. The van der Waals surface area contributed by atoms with Gasteiger partial charge in [0.2, 0.25) is 0 Å². The summed E-state index contributed by atoms with van der Waals surface area (Å²) in [6.45, 7) is 1.64. The molecular weight excluding hydrogens is 288 g/mol. The lowest BCUT2D eigenvalue weighted by atomic mass is 10.2. The lowest BCUT2D eigenvalue weighted by Gasteiger charge is -2.11. The first-order chi connectivity index (χ1) is 8.90. The Morgan fingerprint density at radius 1 is 1.32 bits per heavy atom. The molecule has 0 spiro atoms. The number of benzene rings is 1. The van der Waals surface area contributed by atoms with Crippen molar-refractivity contribution in [2.24, 2.45) is 0 Å². The maximum Gasteiger partial charge on any atom is 0.263 e. The van der Waals surface area contributed by atoms with Gasteiger partial charge in [-0.2, -0.15) is 0 Å². The molecule has 0 radical (unpaired) electrons. The third kappa shape index (κ3) is 2.94. The molecule has 0 saturated heterocycles. The second-order valence-electron chi connectivity index (χ2n) is 3.84. The van der Waals surface area contributed by atoms with Gasteiger partial charge in [0.15, 0.2) is 5.82 Å². The number of nitrogens with one attached hydrogen (secondary N) is 1. The number of hydrogen-bond acceptors (Lipinski definition) is 5. The lowest BCUT2D eigenvalue weighted by molar-refractivity contribution is 0.600. The van der Waals surface area contributed by atoms with Crippen LogP contribution in [0.15, 0.2) is 35.6 Å². The van der Waals surface area contributed by atoms with E-state index in [1.54, 1.807) is 6.92 Å². The number of halogens is 1. The second-order valence-corrected chi connectivity index (χ2v) is 5.89. The quantitative estimate of drug-likeness (QED) is 0.842. The maximum absolute atomic E-state index is 12.2. The van der Waals surface area contributed by atoms with Crippen LogP contribution >= 0.6 is 11.6 Å². The van der Waals surface area contributed by atoms with Crippen molar-refractivity contribution in [2.45, 2.75) is 11.8 Å². The average Bonchev–Trinajstić information content (AvgIpc) is 2.34. The van der Waals surface area contributed by atoms with Gasteiger partial charge < -0.3 is 5.73 Å². The van der Waals surface area contributed by atoms with E-state index in [1.165, 1.54) is 30.7 Å². The first-order valence-electron chi connectivity index (χ1n) is 5.24. The minimum Gasteiger partial charge on any atom is -0.397 e. The van der Waals surface area contributed by atoms with Crippen molar-refractivity contribution < 1.29 is 8.42 Å². The zero-order valence-electron chi connectivity index (χ0n) is 9.96. The summed E-state index contributed by atoms with van der Waals surface area (Å²) in [4.78, 5) is 7.69. The van der Waals surface area contributed by atoms with E-state index in [2.05, 4.69) is 14.7 Å². The topological polar surface area (TPSA) is 98.0 Å². The van der Waals surface area contributed by atoms with Crippen LogP contribution in [0.4, 0.5) is 11.5 Å². The fraction of sp³-hybridized carbons (Fsp3) is 0.0909. The molecule has 8 heteroatoms. The number of hydrogen-bond donors (Lipinski definition) is 2. The summed E-state index contributed by atoms with van der Waals surface area (Å²) in [5.41, 5.74) is 6.32. The van der Waals surface area contributed by atoms with Crippen molar-refractivity contribution in [2.75, 3.05) is 10.5 Å². The standard InChI is InChI=1S/C11H11ClN4O2S/c1-7-4-8(12)9(13)5-10(7)19(17,18)16-11-6-14-2-3-15-11/h2-6H,13H2,1H3,(H,15,16). The number of nitrogens with zero attached hydrogens (tertiary/aromatic N) is 2. The van der Waals surface area contributed by atoms with Gasteiger partial charge in [-0.25, -0.2) is 13.4 Å². The van der Waals surface area contributed by atoms with E-state index >= 15 is 0 Å². The number of aromatic nitrogens is 2. The molecule has 1 heterocycles. The molecule has 0 aliphatic heterocycles. The van der Waals surface area contributed by atoms with Gasteiger partial charge in [0, 0.05) is 12.4 Å². The van der Waals surface area contributed by atoms with E-state index in [9.17, 15) is 8.42 Å². The summed E-state index contributed by atoms with van der Waals surface area (Å²) in [6.07, 6.45) is 4.15. The summed E-state index contributed by atoms with van der Waals surface area (Å²) >= 11 is 5.83. The van der Waals surface area contributed by atoms with Crippen LogP contribution in [-0.4, -0.2) is 18.4 Å². The van der Waals surface area contributed by atoms with Gasteiger partial charge in [-0.1, -0.05) is 11.6 Å². The van der Waals surface area contributed by atoms with Crippen LogP contribution in [0, 0.1) is 6.92 Å². The van der Waals surface area contributed by atoms with Gasteiger partial charge in [-0.05, 0) is 24.6 Å². The number of rotatable bonds is 3. The Morgan fingerprint density at radius 3 is 2.68 bits per heavy atom. The number of nitrogens with two attached hydrogens (primary N) is 1. The van der Waals surface area contributed by atoms with Gasteiger partial charge in [-0.3, -0.25) is 9.71 Å². The predicted octanol–water partition coefficient (Wildman–Crippen LogP) is 1.82. The van der Waals surface area contributed by atoms with Gasteiger partial charge in [-0.15, -0.1) is 0 Å². The SMILES string of the molecule is Cc1cc(Cl)c(N)cc1S(=O)(=O)Nc1cnccn1. The van der Waals surface area contributed by atoms with Gasteiger partial charge in [0.1, 0.15) is 0 Å². The van der Waals surface area contributed by atoms with E-state index in [0.29, 0.717) is 10.6 Å². The van der Waals surface area contributed by atoms with Gasteiger partial charge in [0.05, 0.1) is 21.8 Å². The molecule has 0 unspecified atom stereocenters. The molecule has 2 aromatic rings. The molecule has 0 aliphatic carbocycles. The average molecular weight is 299 g/mol. The molecule has 0 amide bonds. The van der Waals surface area contributed by atoms with E-state index in [-0.39, 0.29) is 16.4 Å². The summed E-state index contributed by atoms with van der Waals surface area (Å²) in [7, 11) is -3.77. The van der Waals surface area contributed by atoms with Crippen LogP contribution in [0.2, 0.25) is 5.02 Å². The van der Waals surface area contributed by atoms with E-state index in [1.807, 2.05) is 0 Å². The third-order valence-electron chi connectivity index (χ3n) is 2.39. The van der Waals surface area contributed by atoms with Crippen LogP contribution in [0.1, 0.15) is 5.56 Å². The Balaban J connectivity index is 2.43. The predicted molar refractivity (Wildman–Crippen MR) is 73.4 cm³/mol. The summed E-state index contributed by atoms with van der Waals surface area (Å²) in [5.74, 6) is 0.135. The van der Waals surface area contributed by atoms with Crippen LogP contribution in [0.25, 0.3) is 0 Å². The first kappa shape index (κ1) is 13.6. The Kier molecular flexibility index (Phi) is 3.59. The van der Waals surface area contributed by atoms with E-state index < -0.39 is 10.0 Å². The van der Waals surface area contributed by atoms with Gasteiger partial charge in [0.25, 0.3) is 10.0 Å². The van der Waals surface area contributed by atoms with Crippen molar-refractivity contribution in [3.8, 4) is 0 Å². The molecular formula is C11H11ClN4O2S. The fourth-order valence-corrected chi connectivity index (χ4v) is 2.98. The molecule has 0 atom stereocenters. The van der Waals surface area contributed by atoms with E-state index in [4.69, 9.17) is 17.3 Å². The smallest absolute Gasteiger partial charge is 0.263 e. The van der Waals surface area contributed by atoms with Crippen molar-refractivity contribution in [3.05, 3.63) is 41.3 Å². The zero-order valence-corrected chi connectivity index (χ0v) is 11.5. The first-order valence-corrected chi connectivity index (χ1v) is 7.11. The Labute approximate surface area is 115 Å². The lowest BCUT2D eigenvalue weighted by Crippen LogP contribution is -2.15. The molecule has 3 N–H and O–H groups in total. The molecule has 0 aliphatic rings. The van der Waals surface area contributed by atoms with Crippen LogP contribution in [-0.2, 0) is 10.0 Å². The van der Waals surface area contributed by atoms with Gasteiger partial charge >= 0.3 is 0 Å². The molecule has 2 rings (SSSR count). The number of sulfonamides is 1. The Hall–Kier alpha value is -1.86. The molecule has 0 fully saturated rings. The summed E-state index contributed by atoms with van der Waals surface area (Å²) < 4.78 is 26.7. The van der Waals surface area contributed by atoms with Crippen molar-refractivity contribution in [1.82, 2.24) is 9.97 Å². The van der Waals surface area contributed by atoms with E-state index in [0.717, 1.165) is 0 Å². The highest BCUT2D eigenvalue weighted by Crippen LogP contribution is 2.27. The highest BCUT2D eigenvalue weighted by molar-refractivity contribution is 7.92. The monoisotopic (exact) mass is 298 g/mol.